The van der Waals surface area contributed by atoms with Gasteiger partial charge in [0, 0.05) is 28.8 Å². The summed E-state index contributed by atoms with van der Waals surface area (Å²) in [7, 11) is 1.55. The second-order valence-electron chi connectivity index (χ2n) is 3.28. The maximum atomic E-state index is 11.4. The van der Waals surface area contributed by atoms with Crippen molar-refractivity contribution in [3.63, 3.8) is 0 Å². The average Bonchev–Trinajstić information content (AvgIpc) is 2.34. The molecule has 0 unspecified atom stereocenters. The minimum absolute atomic E-state index is 0.281. The third-order valence-corrected chi connectivity index (χ3v) is 2.62. The smallest absolute Gasteiger partial charge is 0.267 e. The summed E-state index contributed by atoms with van der Waals surface area (Å²) in [6, 6.07) is 5.12. The number of methoxy groups -OCH3 is 1. The predicted octanol–water partition coefficient (Wildman–Crippen LogP) is 2.70. The molecule has 1 aromatic rings. The summed E-state index contributed by atoms with van der Waals surface area (Å²) in [6.07, 6.45) is 2.82. The number of rotatable bonds is 6. The van der Waals surface area contributed by atoms with E-state index in [9.17, 15) is 4.79 Å². The van der Waals surface area contributed by atoms with Crippen molar-refractivity contribution in [2.45, 2.75) is 0 Å². The molecule has 0 saturated heterocycles. The van der Waals surface area contributed by atoms with E-state index in [1.807, 2.05) is 0 Å². The van der Waals surface area contributed by atoms with Gasteiger partial charge in [0.2, 0.25) is 0 Å². The van der Waals surface area contributed by atoms with Gasteiger partial charge in [-0.3, -0.25) is 9.63 Å². The highest BCUT2D eigenvalue weighted by Gasteiger charge is 2.02. The zero-order valence-corrected chi connectivity index (χ0v) is 11.3. The summed E-state index contributed by atoms with van der Waals surface area (Å²) in [5.74, 6) is -0.401. The summed E-state index contributed by atoms with van der Waals surface area (Å²) >= 11 is 11.9. The van der Waals surface area contributed by atoms with Crippen LogP contribution >= 0.6 is 23.2 Å². The fraction of sp³-hybridized carbons (Fsp3) is 0.250. The van der Waals surface area contributed by atoms with Crippen LogP contribution in [0, 0.1) is 0 Å². The van der Waals surface area contributed by atoms with E-state index < -0.39 is 5.91 Å². The fourth-order valence-corrected chi connectivity index (χ4v) is 1.63. The number of carbonyl (C=O) groups excluding carboxylic acids is 1. The lowest BCUT2D eigenvalue weighted by atomic mass is 10.2. The van der Waals surface area contributed by atoms with Crippen LogP contribution in [-0.4, -0.2) is 26.2 Å². The van der Waals surface area contributed by atoms with Crippen molar-refractivity contribution in [2.24, 2.45) is 0 Å². The van der Waals surface area contributed by atoms with Crippen LogP contribution in [0.15, 0.2) is 24.3 Å². The number of hydroxylamine groups is 1. The molecule has 0 aliphatic carbocycles. The molecule has 0 aliphatic rings. The van der Waals surface area contributed by atoms with Gasteiger partial charge in [0.25, 0.3) is 5.91 Å². The third kappa shape index (κ3) is 5.06. The summed E-state index contributed by atoms with van der Waals surface area (Å²) in [5.41, 5.74) is 2.83. The Hall–Kier alpha value is -1.07. The van der Waals surface area contributed by atoms with E-state index in [-0.39, 0.29) is 6.61 Å². The van der Waals surface area contributed by atoms with Gasteiger partial charge in [0.15, 0.2) is 0 Å². The predicted molar refractivity (Wildman–Crippen MR) is 71.5 cm³/mol. The maximum absolute atomic E-state index is 11.4. The molecule has 0 aliphatic heterocycles. The highest BCUT2D eigenvalue weighted by atomic mass is 35.5. The Balaban J connectivity index is 2.51. The lowest BCUT2D eigenvalue weighted by Crippen LogP contribution is -2.23. The first-order valence-corrected chi connectivity index (χ1v) is 5.93. The lowest BCUT2D eigenvalue weighted by Gasteiger charge is -2.03. The number of ether oxygens (including phenoxy) is 1. The topological polar surface area (TPSA) is 47.6 Å². The Bertz CT molecular complexity index is 415. The molecular weight excluding hydrogens is 277 g/mol. The number of hydrogen-bond acceptors (Lipinski definition) is 3. The van der Waals surface area contributed by atoms with Crippen molar-refractivity contribution < 1.29 is 14.4 Å². The molecule has 0 heterocycles. The second-order valence-corrected chi connectivity index (χ2v) is 4.09. The average molecular weight is 290 g/mol. The number of carbonyl (C=O) groups is 1. The molecule has 0 atom stereocenters. The molecule has 1 rings (SSSR count). The Labute approximate surface area is 115 Å². The van der Waals surface area contributed by atoms with Gasteiger partial charge in [-0.25, -0.2) is 5.48 Å². The van der Waals surface area contributed by atoms with Crippen LogP contribution in [0.2, 0.25) is 10.0 Å². The standard InChI is InChI=1S/C12H13Cl2NO3/c1-17-7-8-18-15-12(16)6-5-9-10(13)3-2-4-11(9)14/h2-6H,7-8H2,1H3,(H,15,16)/b6-5+. The third-order valence-electron chi connectivity index (χ3n) is 1.96. The van der Waals surface area contributed by atoms with E-state index in [1.54, 1.807) is 25.3 Å². The molecule has 1 amide bonds. The maximum Gasteiger partial charge on any atom is 0.267 e. The van der Waals surface area contributed by atoms with Gasteiger partial charge in [-0.15, -0.1) is 0 Å². The first-order valence-electron chi connectivity index (χ1n) is 5.18. The van der Waals surface area contributed by atoms with Crippen LogP contribution in [0.1, 0.15) is 5.56 Å². The molecule has 0 aromatic heterocycles. The summed E-state index contributed by atoms with van der Waals surface area (Å²) in [6.45, 7) is 0.684. The van der Waals surface area contributed by atoms with Crippen LogP contribution in [0.25, 0.3) is 6.08 Å². The van der Waals surface area contributed by atoms with Crippen LogP contribution in [0.4, 0.5) is 0 Å². The van der Waals surface area contributed by atoms with E-state index in [2.05, 4.69) is 5.48 Å². The van der Waals surface area contributed by atoms with Crippen molar-refractivity contribution in [1.29, 1.82) is 0 Å². The molecule has 4 nitrogen and oxygen atoms in total. The van der Waals surface area contributed by atoms with Crippen molar-refractivity contribution in [1.82, 2.24) is 5.48 Å². The van der Waals surface area contributed by atoms with Crippen LogP contribution in [0.5, 0.6) is 0 Å². The first kappa shape index (κ1) is 15.0. The molecule has 0 radical (unpaired) electrons. The fourth-order valence-electron chi connectivity index (χ4n) is 1.11. The molecule has 0 saturated carbocycles. The second kappa shape index (κ2) is 8.11. The normalized spacial score (nSPS) is 10.8. The van der Waals surface area contributed by atoms with E-state index in [4.69, 9.17) is 32.8 Å². The molecule has 18 heavy (non-hydrogen) atoms. The van der Waals surface area contributed by atoms with Gasteiger partial charge in [0.1, 0.15) is 0 Å². The minimum atomic E-state index is -0.401. The van der Waals surface area contributed by atoms with Crippen molar-refractivity contribution >= 4 is 35.2 Å². The first-order chi connectivity index (χ1) is 8.65. The summed E-state index contributed by atoms with van der Waals surface area (Å²) in [4.78, 5) is 16.2. The van der Waals surface area contributed by atoms with E-state index in [0.717, 1.165) is 0 Å². The van der Waals surface area contributed by atoms with Gasteiger partial charge in [-0.1, -0.05) is 29.3 Å². The Kier molecular flexibility index (Phi) is 6.75. The van der Waals surface area contributed by atoms with Crippen LogP contribution < -0.4 is 5.48 Å². The number of benzene rings is 1. The summed E-state index contributed by atoms with van der Waals surface area (Å²) < 4.78 is 4.76. The Morgan fingerprint density at radius 2 is 2.00 bits per heavy atom. The molecule has 0 bridgehead atoms. The summed E-state index contributed by atoms with van der Waals surface area (Å²) in [5, 5.41) is 0.957. The van der Waals surface area contributed by atoms with Crippen molar-refractivity contribution in [2.75, 3.05) is 20.3 Å². The zero-order valence-electron chi connectivity index (χ0n) is 9.78. The Morgan fingerprint density at radius 1 is 1.33 bits per heavy atom. The van der Waals surface area contributed by atoms with Crippen molar-refractivity contribution in [3.8, 4) is 0 Å². The van der Waals surface area contributed by atoms with Crippen molar-refractivity contribution in [3.05, 3.63) is 39.9 Å². The minimum Gasteiger partial charge on any atom is -0.382 e. The molecular formula is C12H13Cl2NO3. The van der Waals surface area contributed by atoms with Gasteiger partial charge < -0.3 is 4.74 Å². The number of halogens is 2. The number of nitrogens with one attached hydrogen (secondary N) is 1. The van der Waals surface area contributed by atoms with Crippen LogP contribution in [0.3, 0.4) is 0 Å². The highest BCUT2D eigenvalue weighted by molar-refractivity contribution is 6.37. The highest BCUT2D eigenvalue weighted by Crippen LogP contribution is 2.25. The molecule has 98 valence electrons. The zero-order chi connectivity index (χ0) is 13.4. The van der Waals surface area contributed by atoms with E-state index in [0.29, 0.717) is 22.2 Å². The largest absolute Gasteiger partial charge is 0.382 e. The van der Waals surface area contributed by atoms with E-state index >= 15 is 0 Å². The lowest BCUT2D eigenvalue weighted by molar-refractivity contribution is -0.129. The number of amides is 1. The van der Waals surface area contributed by atoms with E-state index in [1.165, 1.54) is 12.2 Å². The molecule has 6 heteroatoms. The van der Waals surface area contributed by atoms with Crippen LogP contribution in [-0.2, 0) is 14.4 Å². The SMILES string of the molecule is COCCONC(=O)/C=C/c1c(Cl)cccc1Cl. The Morgan fingerprint density at radius 3 is 2.61 bits per heavy atom. The van der Waals surface area contributed by atoms with Gasteiger partial charge in [-0.05, 0) is 18.2 Å². The quantitative estimate of drug-likeness (QED) is 0.498. The van der Waals surface area contributed by atoms with Gasteiger partial charge >= 0.3 is 0 Å². The molecule has 0 spiro atoms. The molecule has 0 fully saturated rings. The molecule has 1 N–H and O–H groups in total. The monoisotopic (exact) mass is 289 g/mol. The van der Waals surface area contributed by atoms with Gasteiger partial charge in [0.05, 0.1) is 13.2 Å². The number of hydrogen-bond donors (Lipinski definition) is 1. The van der Waals surface area contributed by atoms with Gasteiger partial charge in [-0.2, -0.15) is 0 Å². The molecule has 1 aromatic carbocycles.